The Kier molecular flexibility index (Phi) is 12.9. The van der Waals surface area contributed by atoms with Crippen LogP contribution in [-0.2, 0) is 22.7 Å². The Morgan fingerprint density at radius 1 is 0.829 bits per heavy atom. The first-order chi connectivity index (χ1) is 19.5. The molecule has 0 spiro atoms. The largest absolute Gasteiger partial charge is 0.497 e. The summed E-state index contributed by atoms with van der Waals surface area (Å²) in [7, 11) is 3.03. The summed E-state index contributed by atoms with van der Waals surface area (Å²) >= 11 is 0. The monoisotopic (exact) mass is 572 g/mol. The van der Waals surface area contributed by atoms with Gasteiger partial charge in [0.1, 0.15) is 17.5 Å². The number of aromatic carboxylic acids is 1. The van der Waals surface area contributed by atoms with Crippen LogP contribution in [0.3, 0.4) is 0 Å². The fraction of sp³-hybridized carbons (Fsp3) is 0.448. The van der Waals surface area contributed by atoms with Gasteiger partial charge in [-0.3, -0.25) is 9.59 Å². The number of aliphatic hydroxyl groups is 1. The Morgan fingerprint density at radius 3 is 1.93 bits per heavy atom. The van der Waals surface area contributed by atoms with E-state index in [2.05, 4.69) is 21.3 Å². The van der Waals surface area contributed by atoms with Gasteiger partial charge in [-0.2, -0.15) is 0 Å². The first-order valence-electron chi connectivity index (χ1n) is 13.3. The molecule has 0 saturated heterocycles. The number of aliphatic hydroxyl groups excluding tert-OH is 1. The number of urea groups is 1. The SMILES string of the molecule is CCC(NC(=O)[C@H](CC(C)C)NC(=O)NCc1ccc(C(=O)O)cc1)C(O)C(=O)NCc1cc(OC)cc(OC)c1. The zero-order valence-electron chi connectivity index (χ0n) is 24.0. The van der Waals surface area contributed by atoms with Crippen LogP contribution in [0.25, 0.3) is 0 Å². The van der Waals surface area contributed by atoms with Gasteiger partial charge in [-0.15, -0.1) is 0 Å². The first kappa shape index (κ1) is 32.9. The maximum atomic E-state index is 13.1. The van der Waals surface area contributed by atoms with Gasteiger partial charge in [0.05, 0.1) is 25.8 Å². The number of rotatable bonds is 15. The molecule has 2 unspecified atom stereocenters. The Labute approximate surface area is 239 Å². The van der Waals surface area contributed by atoms with Crippen LogP contribution >= 0.6 is 0 Å². The van der Waals surface area contributed by atoms with Crippen molar-refractivity contribution in [2.45, 2.75) is 64.9 Å². The zero-order chi connectivity index (χ0) is 30.5. The van der Waals surface area contributed by atoms with E-state index < -0.39 is 42.0 Å². The molecular formula is C29H40N4O8. The lowest BCUT2D eigenvalue weighted by Crippen LogP contribution is -2.56. The van der Waals surface area contributed by atoms with Gasteiger partial charge in [-0.25, -0.2) is 9.59 Å². The number of carbonyl (C=O) groups excluding carboxylic acids is 3. The second kappa shape index (κ2) is 16.1. The molecule has 0 fully saturated rings. The predicted molar refractivity (Wildman–Crippen MR) is 152 cm³/mol. The molecule has 0 heterocycles. The van der Waals surface area contributed by atoms with Crippen molar-refractivity contribution < 1.29 is 38.9 Å². The summed E-state index contributed by atoms with van der Waals surface area (Å²) in [6.45, 7) is 5.75. The third-order valence-electron chi connectivity index (χ3n) is 6.28. The van der Waals surface area contributed by atoms with E-state index in [1.54, 1.807) is 37.3 Å². The molecule has 6 N–H and O–H groups in total. The number of hydrogen-bond donors (Lipinski definition) is 6. The molecule has 2 aromatic rings. The van der Waals surface area contributed by atoms with Gasteiger partial charge in [-0.1, -0.05) is 32.9 Å². The van der Waals surface area contributed by atoms with Crippen molar-refractivity contribution in [3.63, 3.8) is 0 Å². The lowest BCUT2D eigenvalue weighted by atomic mass is 10.0. The molecule has 2 aromatic carbocycles. The zero-order valence-corrected chi connectivity index (χ0v) is 24.0. The highest BCUT2D eigenvalue weighted by atomic mass is 16.5. The highest BCUT2D eigenvalue weighted by Crippen LogP contribution is 2.22. The standard InChI is InChI=1S/C29H40N4O8/c1-6-23(25(34)27(36)30-16-19-12-21(40-4)14-22(13-19)41-5)32-26(35)24(11-17(2)3)33-29(39)31-15-18-7-9-20(10-8-18)28(37)38/h7-10,12-14,17,23-25,34H,6,11,15-16H2,1-5H3,(H,30,36)(H,32,35)(H,37,38)(H2,31,33,39)/t23?,24-,25?/m0/s1. The van der Waals surface area contributed by atoms with Gasteiger partial charge in [-0.05, 0) is 54.2 Å². The maximum Gasteiger partial charge on any atom is 0.335 e. The average molecular weight is 573 g/mol. The van der Waals surface area contributed by atoms with Crippen LogP contribution in [0.1, 0.15) is 55.1 Å². The van der Waals surface area contributed by atoms with Gasteiger partial charge in [0.25, 0.3) is 5.91 Å². The molecule has 41 heavy (non-hydrogen) atoms. The summed E-state index contributed by atoms with van der Waals surface area (Å²) in [6.07, 6.45) is -0.942. The van der Waals surface area contributed by atoms with Crippen molar-refractivity contribution in [2.24, 2.45) is 5.92 Å². The molecule has 0 aliphatic heterocycles. The van der Waals surface area contributed by atoms with E-state index in [9.17, 15) is 24.3 Å². The third kappa shape index (κ3) is 10.6. The highest BCUT2D eigenvalue weighted by molar-refractivity contribution is 5.89. The van der Waals surface area contributed by atoms with Gasteiger partial charge in [0.2, 0.25) is 5.91 Å². The fourth-order valence-electron chi connectivity index (χ4n) is 3.99. The van der Waals surface area contributed by atoms with E-state index in [-0.39, 0.29) is 31.0 Å². The van der Waals surface area contributed by atoms with Crippen LogP contribution < -0.4 is 30.7 Å². The number of ether oxygens (including phenoxy) is 2. The van der Waals surface area contributed by atoms with E-state index in [0.29, 0.717) is 29.0 Å². The quantitative estimate of drug-likeness (QED) is 0.188. The molecule has 4 amide bonds. The number of methoxy groups -OCH3 is 2. The van der Waals surface area contributed by atoms with Crippen molar-refractivity contribution in [1.82, 2.24) is 21.3 Å². The normalized spacial score (nSPS) is 13.0. The lowest BCUT2D eigenvalue weighted by molar-refractivity contribution is -0.132. The molecule has 0 aliphatic rings. The molecule has 0 aromatic heterocycles. The van der Waals surface area contributed by atoms with E-state index in [4.69, 9.17) is 14.6 Å². The predicted octanol–water partition coefficient (Wildman–Crippen LogP) is 2.19. The summed E-state index contributed by atoms with van der Waals surface area (Å²) < 4.78 is 10.5. The molecule has 0 saturated carbocycles. The van der Waals surface area contributed by atoms with Crippen molar-refractivity contribution in [1.29, 1.82) is 0 Å². The van der Waals surface area contributed by atoms with Crippen LogP contribution in [0.4, 0.5) is 4.79 Å². The molecule has 2 rings (SSSR count). The van der Waals surface area contributed by atoms with Gasteiger partial charge < -0.3 is 41.0 Å². The summed E-state index contributed by atoms with van der Waals surface area (Å²) in [6, 6.07) is 8.80. The summed E-state index contributed by atoms with van der Waals surface area (Å²) in [4.78, 5) is 49.4. The van der Waals surface area contributed by atoms with Crippen LogP contribution in [0.15, 0.2) is 42.5 Å². The number of benzene rings is 2. The topological polar surface area (TPSA) is 175 Å². The van der Waals surface area contributed by atoms with Crippen molar-refractivity contribution >= 4 is 23.8 Å². The van der Waals surface area contributed by atoms with E-state index >= 15 is 0 Å². The molecule has 12 heteroatoms. The van der Waals surface area contributed by atoms with Crippen LogP contribution in [0, 0.1) is 5.92 Å². The number of carbonyl (C=O) groups is 4. The Morgan fingerprint density at radius 2 is 1.41 bits per heavy atom. The van der Waals surface area contributed by atoms with Crippen molar-refractivity contribution in [3.05, 3.63) is 59.2 Å². The number of carboxylic acids is 1. The maximum absolute atomic E-state index is 13.1. The Hall–Kier alpha value is -4.32. The first-order valence-corrected chi connectivity index (χ1v) is 13.3. The van der Waals surface area contributed by atoms with E-state index in [0.717, 1.165) is 0 Å². The number of hydrogen-bond acceptors (Lipinski definition) is 7. The second-order valence-corrected chi connectivity index (χ2v) is 9.92. The van der Waals surface area contributed by atoms with Gasteiger partial charge >= 0.3 is 12.0 Å². The second-order valence-electron chi connectivity index (χ2n) is 9.92. The molecular weight excluding hydrogens is 532 g/mol. The van der Waals surface area contributed by atoms with Crippen LogP contribution in [0.2, 0.25) is 0 Å². The minimum Gasteiger partial charge on any atom is -0.497 e. The Bertz CT molecular complexity index is 1160. The number of nitrogens with one attached hydrogen (secondary N) is 4. The number of amides is 4. The van der Waals surface area contributed by atoms with E-state index in [1.807, 2.05) is 13.8 Å². The summed E-state index contributed by atoms with van der Waals surface area (Å²) in [5.74, 6) is -1.08. The fourth-order valence-corrected chi connectivity index (χ4v) is 3.99. The van der Waals surface area contributed by atoms with E-state index in [1.165, 1.54) is 26.4 Å². The summed E-state index contributed by atoms with van der Waals surface area (Å²) in [5.41, 5.74) is 1.51. The highest BCUT2D eigenvalue weighted by Gasteiger charge is 2.30. The molecule has 224 valence electrons. The van der Waals surface area contributed by atoms with Gasteiger partial charge in [0, 0.05) is 19.2 Å². The van der Waals surface area contributed by atoms with Gasteiger partial charge in [0.15, 0.2) is 6.10 Å². The molecule has 0 radical (unpaired) electrons. The third-order valence-corrected chi connectivity index (χ3v) is 6.28. The lowest BCUT2D eigenvalue weighted by Gasteiger charge is -2.26. The number of carboxylic acid groups (broad SMARTS) is 1. The van der Waals surface area contributed by atoms with Crippen molar-refractivity contribution in [3.8, 4) is 11.5 Å². The van der Waals surface area contributed by atoms with Crippen molar-refractivity contribution in [2.75, 3.05) is 14.2 Å². The molecule has 0 bridgehead atoms. The molecule has 0 aliphatic carbocycles. The minimum absolute atomic E-state index is 0.0581. The molecule has 12 nitrogen and oxygen atoms in total. The smallest absolute Gasteiger partial charge is 0.335 e. The van der Waals surface area contributed by atoms with Crippen LogP contribution in [-0.4, -0.2) is 66.4 Å². The minimum atomic E-state index is -1.53. The van der Waals surface area contributed by atoms with Crippen LogP contribution in [0.5, 0.6) is 11.5 Å². The molecule has 3 atom stereocenters. The Balaban J connectivity index is 1.97. The summed E-state index contributed by atoms with van der Waals surface area (Å²) in [5, 5.41) is 30.4. The average Bonchev–Trinajstić information content (AvgIpc) is 2.96.